The third kappa shape index (κ3) is 3.72. The van der Waals surface area contributed by atoms with Crippen LogP contribution in [0.15, 0.2) is 36.4 Å². The van der Waals surface area contributed by atoms with Gasteiger partial charge in [-0.05, 0) is 12.1 Å². The van der Waals surface area contributed by atoms with E-state index >= 15 is 0 Å². The number of ether oxygens (including phenoxy) is 1. The number of carbonyl (C=O) groups is 1. The van der Waals surface area contributed by atoms with Crippen LogP contribution < -0.4 is 0 Å². The molecule has 0 unspecified atom stereocenters. The van der Waals surface area contributed by atoms with E-state index in [2.05, 4.69) is 4.74 Å². The molecule has 0 heterocycles. The second-order valence-electron chi connectivity index (χ2n) is 2.88. The average Bonchev–Trinajstić information content (AvgIpc) is 2.27. The highest BCUT2D eigenvalue weighted by Crippen LogP contribution is 2.25. The van der Waals surface area contributed by atoms with Crippen LogP contribution in [0.3, 0.4) is 0 Å². The van der Waals surface area contributed by atoms with E-state index in [1.807, 2.05) is 0 Å². The van der Waals surface area contributed by atoms with Crippen LogP contribution in [0.5, 0.6) is 0 Å². The highest BCUT2D eigenvalue weighted by Gasteiger charge is 1.99. The number of methoxy groups -OCH3 is 1. The largest absolute Gasteiger partial charge is 0.466 e. The van der Waals surface area contributed by atoms with Crippen LogP contribution in [0.2, 0.25) is 10.0 Å². The average molecular weight is 257 g/mol. The Bertz CT molecular complexity index is 416. The predicted octanol–water partition coefficient (Wildman–Crippen LogP) is 3.74. The van der Waals surface area contributed by atoms with E-state index in [1.165, 1.54) is 13.2 Å². The molecule has 0 N–H and O–H groups in total. The van der Waals surface area contributed by atoms with Crippen molar-refractivity contribution in [3.8, 4) is 0 Å². The summed E-state index contributed by atoms with van der Waals surface area (Å²) in [6, 6.07) is 5.26. The summed E-state index contributed by atoms with van der Waals surface area (Å²) in [7, 11) is 1.32. The first kappa shape index (κ1) is 12.8. The predicted molar refractivity (Wildman–Crippen MR) is 66.7 cm³/mol. The van der Waals surface area contributed by atoms with Crippen LogP contribution >= 0.6 is 23.2 Å². The lowest BCUT2D eigenvalue weighted by Gasteiger charge is -1.99. The molecule has 0 aromatic heterocycles. The van der Waals surface area contributed by atoms with Gasteiger partial charge >= 0.3 is 5.97 Å². The van der Waals surface area contributed by atoms with Crippen molar-refractivity contribution < 1.29 is 9.53 Å². The van der Waals surface area contributed by atoms with Gasteiger partial charge in [-0.1, -0.05) is 47.5 Å². The number of carbonyl (C=O) groups excluding carboxylic acids is 1. The fourth-order valence-electron chi connectivity index (χ4n) is 1.02. The lowest BCUT2D eigenvalue weighted by atomic mass is 10.2. The Labute approximate surface area is 104 Å². The fraction of sp³-hybridized carbons (Fsp3) is 0.0833. The second kappa shape index (κ2) is 6.36. The molecule has 2 nitrogen and oxygen atoms in total. The fourth-order valence-corrected chi connectivity index (χ4v) is 1.55. The van der Waals surface area contributed by atoms with Gasteiger partial charge in [0, 0.05) is 21.7 Å². The SMILES string of the molecule is COC(=O)C=CC=Cc1c(Cl)cccc1Cl. The van der Waals surface area contributed by atoms with Gasteiger partial charge in [-0.15, -0.1) is 0 Å². The number of esters is 1. The number of rotatable bonds is 3. The Balaban J connectivity index is 2.77. The van der Waals surface area contributed by atoms with E-state index < -0.39 is 5.97 Å². The maximum absolute atomic E-state index is 10.8. The van der Waals surface area contributed by atoms with Crippen molar-refractivity contribution in [2.24, 2.45) is 0 Å². The summed E-state index contributed by atoms with van der Waals surface area (Å²) >= 11 is 11.9. The number of hydrogen-bond acceptors (Lipinski definition) is 2. The molecule has 0 atom stereocenters. The summed E-state index contributed by atoms with van der Waals surface area (Å²) in [5.41, 5.74) is 0.723. The molecule has 84 valence electrons. The molecule has 1 aromatic rings. The molecule has 0 aliphatic carbocycles. The van der Waals surface area contributed by atoms with E-state index in [-0.39, 0.29) is 0 Å². The van der Waals surface area contributed by atoms with Crippen molar-refractivity contribution in [3.63, 3.8) is 0 Å². The molecule has 0 aliphatic rings. The van der Waals surface area contributed by atoms with Gasteiger partial charge < -0.3 is 4.74 Å². The summed E-state index contributed by atoms with van der Waals surface area (Å²) in [5, 5.41) is 1.13. The van der Waals surface area contributed by atoms with Crippen LogP contribution in [0.25, 0.3) is 6.08 Å². The molecule has 0 fully saturated rings. The van der Waals surface area contributed by atoms with Crippen molar-refractivity contribution in [2.75, 3.05) is 7.11 Å². The Kier molecular flexibility index (Phi) is 5.09. The van der Waals surface area contributed by atoms with Gasteiger partial charge in [0.05, 0.1) is 7.11 Å². The first-order chi connectivity index (χ1) is 7.65. The van der Waals surface area contributed by atoms with E-state index in [4.69, 9.17) is 23.2 Å². The summed E-state index contributed by atoms with van der Waals surface area (Å²) in [6.45, 7) is 0. The van der Waals surface area contributed by atoms with Crippen molar-refractivity contribution in [1.82, 2.24) is 0 Å². The molecule has 0 radical (unpaired) electrons. The molecular formula is C12H10Cl2O2. The monoisotopic (exact) mass is 256 g/mol. The van der Waals surface area contributed by atoms with Crippen molar-refractivity contribution in [3.05, 3.63) is 52.0 Å². The van der Waals surface area contributed by atoms with E-state index in [0.29, 0.717) is 10.0 Å². The molecule has 0 saturated carbocycles. The standard InChI is InChI=1S/C12H10Cl2O2/c1-16-12(15)8-3-2-5-9-10(13)6-4-7-11(9)14/h2-8H,1H3. The Morgan fingerprint density at radius 1 is 1.25 bits per heavy atom. The van der Waals surface area contributed by atoms with Crippen molar-refractivity contribution in [1.29, 1.82) is 0 Å². The van der Waals surface area contributed by atoms with Gasteiger partial charge in [-0.3, -0.25) is 0 Å². The quantitative estimate of drug-likeness (QED) is 0.468. The van der Waals surface area contributed by atoms with Gasteiger partial charge in [0.15, 0.2) is 0 Å². The van der Waals surface area contributed by atoms with Crippen LogP contribution in [0.1, 0.15) is 5.56 Å². The maximum atomic E-state index is 10.8. The highest BCUT2D eigenvalue weighted by atomic mass is 35.5. The summed E-state index contributed by atoms with van der Waals surface area (Å²) in [6.07, 6.45) is 6.26. The maximum Gasteiger partial charge on any atom is 0.330 e. The Morgan fingerprint density at radius 2 is 1.88 bits per heavy atom. The van der Waals surface area contributed by atoms with Crippen LogP contribution in [-0.4, -0.2) is 13.1 Å². The minimum atomic E-state index is -0.407. The third-order valence-electron chi connectivity index (χ3n) is 1.81. The molecule has 0 spiro atoms. The van der Waals surface area contributed by atoms with E-state index in [9.17, 15) is 4.79 Å². The van der Waals surface area contributed by atoms with Gasteiger partial charge in [-0.2, -0.15) is 0 Å². The lowest BCUT2D eigenvalue weighted by Crippen LogP contribution is -1.92. The minimum Gasteiger partial charge on any atom is -0.466 e. The summed E-state index contributed by atoms with van der Waals surface area (Å²) < 4.78 is 4.44. The van der Waals surface area contributed by atoms with Gasteiger partial charge in [0.2, 0.25) is 0 Å². The highest BCUT2D eigenvalue weighted by molar-refractivity contribution is 6.37. The van der Waals surface area contributed by atoms with Crippen molar-refractivity contribution in [2.45, 2.75) is 0 Å². The molecule has 0 bridgehead atoms. The van der Waals surface area contributed by atoms with Gasteiger partial charge in [0.1, 0.15) is 0 Å². The van der Waals surface area contributed by atoms with E-state index in [0.717, 1.165) is 5.56 Å². The molecule has 0 aliphatic heterocycles. The Morgan fingerprint density at radius 3 is 2.44 bits per heavy atom. The number of hydrogen-bond donors (Lipinski definition) is 0. The Hall–Kier alpha value is -1.25. The molecule has 4 heteroatoms. The molecule has 16 heavy (non-hydrogen) atoms. The van der Waals surface area contributed by atoms with E-state index in [1.54, 1.807) is 36.4 Å². The zero-order valence-electron chi connectivity index (χ0n) is 8.61. The van der Waals surface area contributed by atoms with Crippen LogP contribution in [-0.2, 0) is 9.53 Å². The number of benzene rings is 1. The summed E-state index contributed by atoms with van der Waals surface area (Å²) in [4.78, 5) is 10.8. The zero-order valence-corrected chi connectivity index (χ0v) is 10.1. The molecule has 0 saturated heterocycles. The van der Waals surface area contributed by atoms with Crippen LogP contribution in [0.4, 0.5) is 0 Å². The van der Waals surface area contributed by atoms with Gasteiger partial charge in [-0.25, -0.2) is 4.79 Å². The zero-order chi connectivity index (χ0) is 12.0. The molecular weight excluding hydrogens is 247 g/mol. The third-order valence-corrected chi connectivity index (χ3v) is 2.47. The smallest absolute Gasteiger partial charge is 0.330 e. The van der Waals surface area contributed by atoms with Crippen LogP contribution in [0, 0.1) is 0 Å². The lowest BCUT2D eigenvalue weighted by molar-refractivity contribution is -0.134. The molecule has 1 rings (SSSR count). The molecule has 1 aromatic carbocycles. The minimum absolute atomic E-state index is 0.407. The topological polar surface area (TPSA) is 26.3 Å². The number of allylic oxidation sites excluding steroid dienone is 2. The first-order valence-electron chi connectivity index (χ1n) is 4.52. The summed E-state index contributed by atoms with van der Waals surface area (Å²) in [5.74, 6) is -0.407. The second-order valence-corrected chi connectivity index (χ2v) is 3.69. The first-order valence-corrected chi connectivity index (χ1v) is 5.27. The number of halogens is 2. The normalized spacial score (nSPS) is 11.2. The van der Waals surface area contributed by atoms with Gasteiger partial charge in [0.25, 0.3) is 0 Å². The molecule has 0 amide bonds. The van der Waals surface area contributed by atoms with Crippen molar-refractivity contribution >= 4 is 35.2 Å².